The molecule has 0 aliphatic rings. The molecule has 1 aromatic heterocycles. The van der Waals surface area contributed by atoms with E-state index < -0.39 is 11.6 Å². The number of halogens is 3. The number of rotatable bonds is 5. The SMILES string of the molecule is CCCNc1cc(Nc2cc(Br)c(F)cc2F)ncn1. The van der Waals surface area contributed by atoms with Crippen LogP contribution in [0.25, 0.3) is 0 Å². The summed E-state index contributed by atoms with van der Waals surface area (Å²) in [4.78, 5) is 8.05. The van der Waals surface area contributed by atoms with Crippen molar-refractivity contribution in [1.82, 2.24) is 9.97 Å². The van der Waals surface area contributed by atoms with Crippen molar-refractivity contribution in [2.24, 2.45) is 0 Å². The van der Waals surface area contributed by atoms with Crippen LogP contribution in [-0.2, 0) is 0 Å². The van der Waals surface area contributed by atoms with Gasteiger partial charge in [0.1, 0.15) is 29.6 Å². The second kappa shape index (κ2) is 6.60. The molecule has 0 fully saturated rings. The van der Waals surface area contributed by atoms with Crippen molar-refractivity contribution in [3.63, 3.8) is 0 Å². The number of aromatic nitrogens is 2. The van der Waals surface area contributed by atoms with E-state index in [0.29, 0.717) is 11.6 Å². The summed E-state index contributed by atoms with van der Waals surface area (Å²) < 4.78 is 27.0. The van der Waals surface area contributed by atoms with E-state index >= 15 is 0 Å². The second-order valence-electron chi connectivity index (χ2n) is 4.09. The molecule has 2 N–H and O–H groups in total. The van der Waals surface area contributed by atoms with Crippen LogP contribution in [0.5, 0.6) is 0 Å². The van der Waals surface area contributed by atoms with E-state index in [1.54, 1.807) is 6.07 Å². The van der Waals surface area contributed by atoms with Gasteiger partial charge in [0.2, 0.25) is 0 Å². The Morgan fingerprint density at radius 3 is 2.60 bits per heavy atom. The molecule has 0 saturated carbocycles. The summed E-state index contributed by atoms with van der Waals surface area (Å²) in [6, 6.07) is 3.79. The number of benzene rings is 1. The van der Waals surface area contributed by atoms with Crippen molar-refractivity contribution in [3.05, 3.63) is 40.6 Å². The van der Waals surface area contributed by atoms with Crippen LogP contribution < -0.4 is 10.6 Å². The number of nitrogens with zero attached hydrogens (tertiary/aromatic N) is 2. The molecule has 4 nitrogen and oxygen atoms in total. The highest BCUT2D eigenvalue weighted by Crippen LogP contribution is 2.26. The molecule has 0 amide bonds. The molecule has 0 bridgehead atoms. The van der Waals surface area contributed by atoms with E-state index in [9.17, 15) is 8.78 Å². The average Bonchev–Trinajstić information content (AvgIpc) is 2.43. The summed E-state index contributed by atoms with van der Waals surface area (Å²) in [5.74, 6) is -0.268. The van der Waals surface area contributed by atoms with Gasteiger partial charge >= 0.3 is 0 Å². The zero-order valence-electron chi connectivity index (χ0n) is 10.8. The Morgan fingerprint density at radius 2 is 1.85 bits per heavy atom. The Bertz CT molecular complexity index is 607. The van der Waals surface area contributed by atoms with E-state index in [1.807, 2.05) is 6.92 Å². The highest BCUT2D eigenvalue weighted by atomic mass is 79.9. The third-order valence-electron chi connectivity index (χ3n) is 2.50. The molecule has 0 saturated heterocycles. The largest absolute Gasteiger partial charge is 0.370 e. The smallest absolute Gasteiger partial charge is 0.149 e. The summed E-state index contributed by atoms with van der Waals surface area (Å²) in [5, 5.41) is 5.90. The topological polar surface area (TPSA) is 49.8 Å². The molecular formula is C13H13BrF2N4. The molecule has 106 valence electrons. The summed E-state index contributed by atoms with van der Waals surface area (Å²) in [7, 11) is 0. The molecule has 0 aliphatic heterocycles. The molecule has 0 spiro atoms. The molecule has 0 unspecified atom stereocenters. The van der Waals surface area contributed by atoms with Gasteiger partial charge in [-0.1, -0.05) is 6.92 Å². The summed E-state index contributed by atoms with van der Waals surface area (Å²) in [6.45, 7) is 2.83. The number of anilines is 3. The minimum atomic E-state index is -0.688. The summed E-state index contributed by atoms with van der Waals surface area (Å²) >= 11 is 3.02. The first-order valence-corrected chi connectivity index (χ1v) is 6.87. The fraction of sp³-hybridized carbons (Fsp3) is 0.231. The van der Waals surface area contributed by atoms with Crippen LogP contribution in [0.3, 0.4) is 0 Å². The maximum absolute atomic E-state index is 13.6. The molecular weight excluding hydrogens is 330 g/mol. The van der Waals surface area contributed by atoms with Crippen molar-refractivity contribution in [3.8, 4) is 0 Å². The van der Waals surface area contributed by atoms with Gasteiger partial charge in [-0.15, -0.1) is 0 Å². The quantitative estimate of drug-likeness (QED) is 0.803. The van der Waals surface area contributed by atoms with Crippen molar-refractivity contribution in [2.45, 2.75) is 13.3 Å². The Morgan fingerprint density at radius 1 is 1.10 bits per heavy atom. The van der Waals surface area contributed by atoms with E-state index in [2.05, 4.69) is 36.5 Å². The first-order chi connectivity index (χ1) is 9.60. The van der Waals surface area contributed by atoms with Gasteiger partial charge in [-0.05, 0) is 28.4 Å². The van der Waals surface area contributed by atoms with E-state index in [4.69, 9.17) is 0 Å². The normalized spacial score (nSPS) is 10.4. The third-order valence-corrected chi connectivity index (χ3v) is 3.10. The molecule has 20 heavy (non-hydrogen) atoms. The average molecular weight is 343 g/mol. The van der Waals surface area contributed by atoms with Gasteiger partial charge in [-0.2, -0.15) is 0 Å². The molecule has 2 rings (SSSR count). The fourth-order valence-electron chi connectivity index (χ4n) is 1.53. The van der Waals surface area contributed by atoms with Crippen LogP contribution in [0, 0.1) is 11.6 Å². The van der Waals surface area contributed by atoms with Gasteiger partial charge < -0.3 is 10.6 Å². The van der Waals surface area contributed by atoms with Gasteiger partial charge in [0, 0.05) is 18.7 Å². The molecule has 0 aliphatic carbocycles. The highest BCUT2D eigenvalue weighted by Gasteiger charge is 2.09. The minimum absolute atomic E-state index is 0.137. The van der Waals surface area contributed by atoms with Crippen LogP contribution in [0.1, 0.15) is 13.3 Å². The zero-order chi connectivity index (χ0) is 14.5. The predicted molar refractivity (Wildman–Crippen MR) is 78.2 cm³/mol. The maximum Gasteiger partial charge on any atom is 0.149 e. The van der Waals surface area contributed by atoms with Crippen LogP contribution in [0.2, 0.25) is 0 Å². The monoisotopic (exact) mass is 342 g/mol. The second-order valence-corrected chi connectivity index (χ2v) is 4.94. The van der Waals surface area contributed by atoms with Gasteiger partial charge in [0.15, 0.2) is 0 Å². The standard InChI is InChI=1S/C13H13BrF2N4/c1-2-3-17-12-6-13(19-7-18-12)20-11-4-8(14)9(15)5-10(11)16/h4-7H,2-3H2,1H3,(H2,17,18,19,20). The predicted octanol–water partition coefficient (Wildman–Crippen LogP) is 4.08. The van der Waals surface area contributed by atoms with Gasteiger partial charge in [-0.3, -0.25) is 0 Å². The van der Waals surface area contributed by atoms with E-state index in [0.717, 1.165) is 19.0 Å². The van der Waals surface area contributed by atoms with E-state index in [-0.39, 0.29) is 10.2 Å². The first kappa shape index (κ1) is 14.6. The summed E-state index contributed by atoms with van der Waals surface area (Å²) in [6.07, 6.45) is 2.34. The van der Waals surface area contributed by atoms with Crippen LogP contribution in [-0.4, -0.2) is 16.5 Å². The Kier molecular flexibility index (Phi) is 4.84. The molecule has 0 radical (unpaired) electrons. The lowest BCUT2D eigenvalue weighted by Crippen LogP contribution is -2.04. The van der Waals surface area contributed by atoms with Gasteiger partial charge in [0.25, 0.3) is 0 Å². The molecule has 1 heterocycles. The number of hydrogen-bond donors (Lipinski definition) is 2. The number of nitrogens with one attached hydrogen (secondary N) is 2. The minimum Gasteiger partial charge on any atom is -0.370 e. The molecule has 2 aromatic rings. The van der Waals surface area contributed by atoms with Crippen molar-refractivity contribution < 1.29 is 8.78 Å². The third kappa shape index (κ3) is 3.63. The summed E-state index contributed by atoms with van der Waals surface area (Å²) in [5.41, 5.74) is 0.137. The van der Waals surface area contributed by atoms with Crippen molar-refractivity contribution in [1.29, 1.82) is 0 Å². The lowest BCUT2D eigenvalue weighted by Gasteiger charge is -2.09. The number of hydrogen-bond acceptors (Lipinski definition) is 4. The highest BCUT2D eigenvalue weighted by molar-refractivity contribution is 9.10. The van der Waals surface area contributed by atoms with Gasteiger partial charge in [0.05, 0.1) is 10.2 Å². The van der Waals surface area contributed by atoms with Crippen molar-refractivity contribution >= 4 is 33.3 Å². The first-order valence-electron chi connectivity index (χ1n) is 6.07. The van der Waals surface area contributed by atoms with Crippen LogP contribution in [0.4, 0.5) is 26.1 Å². The van der Waals surface area contributed by atoms with Gasteiger partial charge in [-0.25, -0.2) is 18.7 Å². The van der Waals surface area contributed by atoms with Crippen molar-refractivity contribution in [2.75, 3.05) is 17.2 Å². The lowest BCUT2D eigenvalue weighted by atomic mass is 10.3. The fourth-order valence-corrected chi connectivity index (χ4v) is 1.88. The molecule has 0 atom stereocenters. The Labute approximate surface area is 123 Å². The Balaban J connectivity index is 2.19. The maximum atomic E-state index is 13.6. The molecule has 7 heteroatoms. The zero-order valence-corrected chi connectivity index (χ0v) is 12.3. The Hall–Kier alpha value is -1.76. The van der Waals surface area contributed by atoms with Crippen LogP contribution >= 0.6 is 15.9 Å². The lowest BCUT2D eigenvalue weighted by molar-refractivity contribution is 0.581. The molecule has 1 aromatic carbocycles. The van der Waals surface area contributed by atoms with Crippen LogP contribution in [0.15, 0.2) is 29.0 Å². The van der Waals surface area contributed by atoms with E-state index in [1.165, 1.54) is 12.4 Å².